The van der Waals surface area contributed by atoms with Gasteiger partial charge in [0.2, 0.25) is 5.91 Å². The molecule has 27 heavy (non-hydrogen) atoms. The molecule has 2 saturated carbocycles. The molecule has 0 aromatic heterocycles. The number of aryl methyl sites for hydroxylation is 1. The molecule has 2 aliphatic carbocycles. The zero-order chi connectivity index (χ0) is 17.9. The number of carbonyl (C=O) groups is 1. The summed E-state index contributed by atoms with van der Waals surface area (Å²) in [4.78, 5) is 20.1. The van der Waals surface area contributed by atoms with Gasteiger partial charge in [-0.3, -0.25) is 9.79 Å². The number of nitrogens with one attached hydrogen (secondary N) is 1. The maximum absolute atomic E-state index is 12.6. The number of thioether (sulfide) groups is 1. The molecule has 148 valence electrons. The van der Waals surface area contributed by atoms with Gasteiger partial charge < -0.3 is 10.2 Å². The molecule has 4 rings (SSSR count). The Labute approximate surface area is 173 Å². The van der Waals surface area contributed by atoms with Crippen molar-refractivity contribution in [3.63, 3.8) is 0 Å². The van der Waals surface area contributed by atoms with E-state index in [1.807, 2.05) is 36.0 Å². The van der Waals surface area contributed by atoms with Gasteiger partial charge in [-0.15, -0.1) is 12.4 Å². The standard InChI is InChI=1S/C21H29N3OS.ClH/c1-15-7-9-17(10-8-15)22-20(25)13-19-14-26-21(24(19)18-11-12-18)23-16-5-3-2-4-6-16;/h7-10,16,18-19H,2-6,11-14H2,1H3,(H,22,25);1H. The second-order valence-electron chi connectivity index (χ2n) is 7.93. The van der Waals surface area contributed by atoms with Crippen molar-refractivity contribution in [2.75, 3.05) is 11.1 Å². The Kier molecular flexibility index (Phi) is 7.10. The van der Waals surface area contributed by atoms with Crippen molar-refractivity contribution < 1.29 is 4.79 Å². The van der Waals surface area contributed by atoms with E-state index in [9.17, 15) is 4.79 Å². The summed E-state index contributed by atoms with van der Waals surface area (Å²) >= 11 is 1.87. The molecule has 1 aromatic rings. The average molecular weight is 408 g/mol. The molecule has 3 aliphatic rings. The first-order valence-corrected chi connectivity index (χ1v) is 11.0. The number of halogens is 1. The Morgan fingerprint density at radius 1 is 1.15 bits per heavy atom. The van der Waals surface area contributed by atoms with Crippen LogP contribution >= 0.6 is 24.2 Å². The summed E-state index contributed by atoms with van der Waals surface area (Å²) in [5.41, 5.74) is 2.10. The highest BCUT2D eigenvalue weighted by atomic mass is 35.5. The Hall–Kier alpha value is -1.20. The third-order valence-corrected chi connectivity index (χ3v) is 6.71. The van der Waals surface area contributed by atoms with Crippen molar-refractivity contribution in [1.29, 1.82) is 0 Å². The highest BCUT2D eigenvalue weighted by Crippen LogP contribution is 2.38. The molecule has 1 amide bonds. The van der Waals surface area contributed by atoms with Crippen molar-refractivity contribution in [2.45, 2.75) is 76.4 Å². The Balaban J connectivity index is 0.00000210. The average Bonchev–Trinajstić information content (AvgIpc) is 3.41. The van der Waals surface area contributed by atoms with Crippen molar-refractivity contribution in [3.8, 4) is 0 Å². The van der Waals surface area contributed by atoms with Gasteiger partial charge in [-0.05, 0) is 44.7 Å². The minimum Gasteiger partial charge on any atom is -0.344 e. The van der Waals surface area contributed by atoms with Gasteiger partial charge in [0.1, 0.15) is 0 Å². The predicted octanol–water partition coefficient (Wildman–Crippen LogP) is 5.01. The van der Waals surface area contributed by atoms with Crippen LogP contribution in [-0.4, -0.2) is 39.9 Å². The Morgan fingerprint density at radius 3 is 2.52 bits per heavy atom. The zero-order valence-electron chi connectivity index (χ0n) is 16.0. The third-order valence-electron chi connectivity index (χ3n) is 5.58. The van der Waals surface area contributed by atoms with Crippen molar-refractivity contribution in [2.24, 2.45) is 4.99 Å². The lowest BCUT2D eigenvalue weighted by atomic mass is 9.96. The molecule has 1 atom stereocenters. The molecule has 1 aromatic carbocycles. The normalized spacial score (nSPS) is 24.7. The number of amides is 1. The van der Waals surface area contributed by atoms with E-state index in [-0.39, 0.29) is 18.3 Å². The van der Waals surface area contributed by atoms with E-state index < -0.39 is 0 Å². The summed E-state index contributed by atoms with van der Waals surface area (Å²) in [6.45, 7) is 2.06. The first-order chi connectivity index (χ1) is 12.7. The number of rotatable bonds is 5. The highest BCUT2D eigenvalue weighted by Gasteiger charge is 2.41. The van der Waals surface area contributed by atoms with Crippen LogP contribution in [0.3, 0.4) is 0 Å². The molecule has 1 unspecified atom stereocenters. The quantitative estimate of drug-likeness (QED) is 0.745. The molecule has 1 saturated heterocycles. The number of aliphatic imine (C=N–C) groups is 1. The van der Waals surface area contributed by atoms with Crippen LogP contribution in [0.1, 0.15) is 56.9 Å². The highest BCUT2D eigenvalue weighted by molar-refractivity contribution is 8.14. The van der Waals surface area contributed by atoms with E-state index in [0.717, 1.165) is 11.4 Å². The summed E-state index contributed by atoms with van der Waals surface area (Å²) in [5.74, 6) is 1.10. The summed E-state index contributed by atoms with van der Waals surface area (Å²) in [6, 6.07) is 9.44. The van der Waals surface area contributed by atoms with E-state index in [4.69, 9.17) is 4.99 Å². The molecule has 0 bridgehead atoms. The lowest BCUT2D eigenvalue weighted by Gasteiger charge is -2.27. The molecule has 0 spiro atoms. The molecule has 1 heterocycles. The van der Waals surface area contributed by atoms with Gasteiger partial charge in [0.05, 0.1) is 6.04 Å². The number of nitrogens with zero attached hydrogens (tertiary/aromatic N) is 2. The van der Waals surface area contributed by atoms with Gasteiger partial charge in [-0.2, -0.15) is 0 Å². The number of hydrogen-bond acceptors (Lipinski definition) is 3. The van der Waals surface area contributed by atoms with Crippen LogP contribution < -0.4 is 5.32 Å². The van der Waals surface area contributed by atoms with Crippen molar-refractivity contribution >= 4 is 40.9 Å². The second-order valence-corrected chi connectivity index (χ2v) is 8.91. The first kappa shape index (κ1) is 20.5. The van der Waals surface area contributed by atoms with Gasteiger partial charge in [0, 0.05) is 29.9 Å². The van der Waals surface area contributed by atoms with E-state index in [0.29, 0.717) is 24.5 Å². The monoisotopic (exact) mass is 407 g/mol. The van der Waals surface area contributed by atoms with Crippen LogP contribution in [-0.2, 0) is 4.79 Å². The van der Waals surface area contributed by atoms with Gasteiger partial charge in [0.15, 0.2) is 5.17 Å². The summed E-state index contributed by atoms with van der Waals surface area (Å²) in [7, 11) is 0. The lowest BCUT2D eigenvalue weighted by Crippen LogP contribution is -2.39. The fourth-order valence-electron chi connectivity index (χ4n) is 3.98. The molecule has 0 radical (unpaired) electrons. The van der Waals surface area contributed by atoms with Gasteiger partial charge in [-0.1, -0.05) is 48.7 Å². The Morgan fingerprint density at radius 2 is 1.85 bits per heavy atom. The van der Waals surface area contributed by atoms with Crippen LogP contribution in [0.2, 0.25) is 0 Å². The second kappa shape index (κ2) is 9.33. The Bertz CT molecular complexity index is 669. The first-order valence-electron chi connectivity index (χ1n) is 10.0. The predicted molar refractivity (Wildman–Crippen MR) is 117 cm³/mol. The molecular weight excluding hydrogens is 378 g/mol. The fraction of sp³-hybridized carbons (Fsp3) is 0.619. The summed E-state index contributed by atoms with van der Waals surface area (Å²) in [5, 5.41) is 4.27. The maximum atomic E-state index is 12.6. The van der Waals surface area contributed by atoms with E-state index >= 15 is 0 Å². The number of carbonyl (C=O) groups excluding carboxylic acids is 1. The molecule has 1 aliphatic heterocycles. The topological polar surface area (TPSA) is 44.7 Å². The van der Waals surface area contributed by atoms with E-state index in [2.05, 4.69) is 17.1 Å². The lowest BCUT2D eigenvalue weighted by molar-refractivity contribution is -0.116. The number of hydrogen-bond donors (Lipinski definition) is 1. The smallest absolute Gasteiger partial charge is 0.226 e. The number of amidine groups is 1. The van der Waals surface area contributed by atoms with Crippen LogP contribution in [0.15, 0.2) is 29.3 Å². The van der Waals surface area contributed by atoms with E-state index in [1.165, 1.54) is 55.7 Å². The molecule has 6 heteroatoms. The summed E-state index contributed by atoms with van der Waals surface area (Å²) < 4.78 is 0. The minimum absolute atomic E-state index is 0. The number of anilines is 1. The van der Waals surface area contributed by atoms with Crippen LogP contribution in [0.5, 0.6) is 0 Å². The van der Waals surface area contributed by atoms with Gasteiger partial charge >= 0.3 is 0 Å². The molecule has 1 N–H and O–H groups in total. The van der Waals surface area contributed by atoms with Crippen LogP contribution in [0.4, 0.5) is 5.69 Å². The van der Waals surface area contributed by atoms with Crippen LogP contribution in [0.25, 0.3) is 0 Å². The van der Waals surface area contributed by atoms with E-state index in [1.54, 1.807) is 0 Å². The summed E-state index contributed by atoms with van der Waals surface area (Å²) in [6.07, 6.45) is 9.53. The fourth-order valence-corrected chi connectivity index (χ4v) is 5.27. The SMILES string of the molecule is Cc1ccc(NC(=O)CC2CSC(=NC3CCCCC3)N2C2CC2)cc1.Cl. The van der Waals surface area contributed by atoms with Crippen molar-refractivity contribution in [3.05, 3.63) is 29.8 Å². The minimum atomic E-state index is 0. The largest absolute Gasteiger partial charge is 0.344 e. The van der Waals surface area contributed by atoms with Crippen molar-refractivity contribution in [1.82, 2.24) is 4.90 Å². The third kappa shape index (κ3) is 5.41. The molecule has 3 fully saturated rings. The molecule has 4 nitrogen and oxygen atoms in total. The van der Waals surface area contributed by atoms with Gasteiger partial charge in [0.25, 0.3) is 0 Å². The maximum Gasteiger partial charge on any atom is 0.226 e. The van der Waals surface area contributed by atoms with Crippen LogP contribution in [0, 0.1) is 6.92 Å². The number of benzene rings is 1. The molecular formula is C21H30ClN3OS. The zero-order valence-corrected chi connectivity index (χ0v) is 17.7. The van der Waals surface area contributed by atoms with Gasteiger partial charge in [-0.25, -0.2) is 0 Å².